The topological polar surface area (TPSA) is 83.6 Å². The lowest BCUT2D eigenvalue weighted by Gasteiger charge is -2.07. The predicted molar refractivity (Wildman–Crippen MR) is 51.8 cm³/mol. The van der Waals surface area contributed by atoms with E-state index in [4.69, 9.17) is 15.9 Å². The summed E-state index contributed by atoms with van der Waals surface area (Å²) in [7, 11) is 0. The van der Waals surface area contributed by atoms with Gasteiger partial charge in [0, 0.05) is 6.61 Å². The van der Waals surface area contributed by atoms with Crippen molar-refractivity contribution in [1.29, 1.82) is 0 Å². The number of aliphatic hydroxyl groups is 1. The van der Waals surface area contributed by atoms with Gasteiger partial charge in [-0.1, -0.05) is 24.3 Å². The van der Waals surface area contributed by atoms with E-state index in [2.05, 4.69) is 0 Å². The summed E-state index contributed by atoms with van der Waals surface area (Å²) in [5, 5.41) is 17.3. The lowest BCUT2D eigenvalue weighted by molar-refractivity contribution is -0.138. The Labute approximate surface area is 82.0 Å². The first-order chi connectivity index (χ1) is 6.65. The molecule has 0 bridgehead atoms. The number of aliphatic carboxylic acids is 1. The van der Waals surface area contributed by atoms with Gasteiger partial charge in [-0.15, -0.1) is 0 Å². The fourth-order valence-corrected chi connectivity index (χ4v) is 1.16. The molecule has 0 aliphatic heterocycles. The van der Waals surface area contributed by atoms with E-state index in [1.54, 1.807) is 24.3 Å². The molecule has 76 valence electrons. The van der Waals surface area contributed by atoms with Crippen molar-refractivity contribution in [2.24, 2.45) is 5.73 Å². The Hall–Kier alpha value is -1.39. The van der Waals surface area contributed by atoms with Gasteiger partial charge in [-0.25, -0.2) is 0 Å². The van der Waals surface area contributed by atoms with Crippen LogP contribution in [-0.4, -0.2) is 22.8 Å². The van der Waals surface area contributed by atoms with Crippen LogP contribution in [0, 0.1) is 0 Å². The van der Waals surface area contributed by atoms with Crippen molar-refractivity contribution in [1.82, 2.24) is 0 Å². The zero-order chi connectivity index (χ0) is 10.6. The van der Waals surface area contributed by atoms with Crippen LogP contribution in [0.3, 0.4) is 0 Å². The maximum absolute atomic E-state index is 10.5. The van der Waals surface area contributed by atoms with Crippen LogP contribution in [-0.2, 0) is 11.2 Å². The molecule has 0 amide bonds. The van der Waals surface area contributed by atoms with Crippen molar-refractivity contribution in [3.63, 3.8) is 0 Å². The van der Waals surface area contributed by atoms with Crippen molar-refractivity contribution in [3.05, 3.63) is 35.4 Å². The number of hydrogen-bond acceptors (Lipinski definition) is 3. The Bertz CT molecular complexity index is 308. The SMILES string of the molecule is NC(C(=O)O)c1ccc(CCO)cc1. The first kappa shape index (κ1) is 10.7. The lowest BCUT2D eigenvalue weighted by Crippen LogP contribution is -2.20. The maximum Gasteiger partial charge on any atom is 0.325 e. The molecule has 1 unspecified atom stereocenters. The highest BCUT2D eigenvalue weighted by Gasteiger charge is 2.13. The minimum atomic E-state index is -1.04. The normalized spacial score (nSPS) is 12.4. The number of benzene rings is 1. The average Bonchev–Trinajstić information content (AvgIpc) is 2.18. The van der Waals surface area contributed by atoms with E-state index in [1.165, 1.54) is 0 Å². The van der Waals surface area contributed by atoms with Crippen LogP contribution in [0.15, 0.2) is 24.3 Å². The van der Waals surface area contributed by atoms with Gasteiger partial charge in [0.15, 0.2) is 0 Å². The number of nitrogens with two attached hydrogens (primary N) is 1. The molecule has 0 aromatic heterocycles. The minimum absolute atomic E-state index is 0.0876. The summed E-state index contributed by atoms with van der Waals surface area (Å²) in [6.07, 6.45) is 0.572. The van der Waals surface area contributed by atoms with E-state index in [9.17, 15) is 4.79 Å². The zero-order valence-electron chi connectivity index (χ0n) is 7.68. The summed E-state index contributed by atoms with van der Waals surface area (Å²) in [6, 6.07) is 5.91. The zero-order valence-corrected chi connectivity index (χ0v) is 7.68. The van der Waals surface area contributed by atoms with Crippen molar-refractivity contribution >= 4 is 5.97 Å². The molecule has 0 spiro atoms. The quantitative estimate of drug-likeness (QED) is 0.645. The molecule has 1 aromatic carbocycles. The van der Waals surface area contributed by atoms with Gasteiger partial charge in [0.2, 0.25) is 0 Å². The van der Waals surface area contributed by atoms with Crippen molar-refractivity contribution in [2.45, 2.75) is 12.5 Å². The highest BCUT2D eigenvalue weighted by atomic mass is 16.4. The molecule has 0 saturated heterocycles. The smallest absolute Gasteiger partial charge is 0.325 e. The summed E-state index contributed by atoms with van der Waals surface area (Å²) in [5.41, 5.74) is 6.95. The van der Waals surface area contributed by atoms with E-state index in [-0.39, 0.29) is 6.61 Å². The number of carboxylic acid groups (broad SMARTS) is 1. The molecule has 0 fully saturated rings. The minimum Gasteiger partial charge on any atom is -0.480 e. The first-order valence-electron chi connectivity index (χ1n) is 4.33. The van der Waals surface area contributed by atoms with Crippen LogP contribution < -0.4 is 5.73 Å². The van der Waals surface area contributed by atoms with Gasteiger partial charge in [0.25, 0.3) is 0 Å². The van der Waals surface area contributed by atoms with E-state index in [1.807, 2.05) is 0 Å². The fraction of sp³-hybridized carbons (Fsp3) is 0.300. The Kier molecular flexibility index (Phi) is 3.62. The molecule has 0 aliphatic rings. The van der Waals surface area contributed by atoms with Crippen molar-refractivity contribution in [3.8, 4) is 0 Å². The third kappa shape index (κ3) is 2.55. The molecule has 4 N–H and O–H groups in total. The molecule has 0 heterocycles. The van der Waals surface area contributed by atoms with E-state index in [0.29, 0.717) is 12.0 Å². The van der Waals surface area contributed by atoms with Gasteiger partial charge in [-0.2, -0.15) is 0 Å². The maximum atomic E-state index is 10.5. The first-order valence-corrected chi connectivity index (χ1v) is 4.33. The van der Waals surface area contributed by atoms with Gasteiger partial charge in [-0.05, 0) is 17.5 Å². The molecule has 1 rings (SSSR count). The van der Waals surface area contributed by atoms with E-state index in [0.717, 1.165) is 5.56 Å². The lowest BCUT2D eigenvalue weighted by atomic mass is 10.0. The van der Waals surface area contributed by atoms with Gasteiger partial charge in [0.05, 0.1) is 0 Å². The second-order valence-electron chi connectivity index (χ2n) is 3.03. The van der Waals surface area contributed by atoms with Crippen LogP contribution in [0.2, 0.25) is 0 Å². The molecule has 4 nitrogen and oxygen atoms in total. The summed E-state index contributed by atoms with van der Waals surface area (Å²) < 4.78 is 0. The third-order valence-electron chi connectivity index (χ3n) is 2.01. The standard InChI is InChI=1S/C10H13NO3/c11-9(10(13)14)8-3-1-7(2-4-8)5-6-12/h1-4,9,12H,5-6,11H2,(H,13,14). The van der Waals surface area contributed by atoms with Gasteiger partial charge < -0.3 is 15.9 Å². The molecular weight excluding hydrogens is 182 g/mol. The molecular formula is C10H13NO3. The molecule has 4 heteroatoms. The Morgan fingerprint density at radius 1 is 1.36 bits per heavy atom. The molecule has 1 aromatic rings. The third-order valence-corrected chi connectivity index (χ3v) is 2.01. The molecule has 0 saturated carbocycles. The van der Waals surface area contributed by atoms with E-state index >= 15 is 0 Å². The van der Waals surface area contributed by atoms with Crippen molar-refractivity contribution in [2.75, 3.05) is 6.61 Å². The van der Waals surface area contributed by atoms with Gasteiger partial charge in [-0.3, -0.25) is 4.79 Å². The summed E-state index contributed by atoms with van der Waals surface area (Å²) in [5.74, 6) is -1.04. The highest BCUT2D eigenvalue weighted by Crippen LogP contribution is 2.11. The second kappa shape index (κ2) is 4.74. The Balaban J connectivity index is 2.77. The van der Waals surface area contributed by atoms with Gasteiger partial charge in [0.1, 0.15) is 6.04 Å². The number of carbonyl (C=O) groups is 1. The highest BCUT2D eigenvalue weighted by molar-refractivity contribution is 5.75. The summed E-state index contributed by atoms with van der Waals surface area (Å²) in [4.78, 5) is 10.5. The molecule has 14 heavy (non-hydrogen) atoms. The van der Waals surface area contributed by atoms with Crippen LogP contribution in [0.1, 0.15) is 17.2 Å². The van der Waals surface area contributed by atoms with Crippen LogP contribution >= 0.6 is 0 Å². The molecule has 0 aliphatic carbocycles. The monoisotopic (exact) mass is 195 g/mol. The van der Waals surface area contributed by atoms with Crippen LogP contribution in [0.5, 0.6) is 0 Å². The predicted octanol–water partition coefficient (Wildman–Crippen LogP) is 0.306. The molecule has 1 atom stereocenters. The van der Waals surface area contributed by atoms with Crippen LogP contribution in [0.4, 0.5) is 0 Å². The number of hydrogen-bond donors (Lipinski definition) is 3. The molecule has 0 radical (unpaired) electrons. The van der Waals surface area contributed by atoms with E-state index < -0.39 is 12.0 Å². The number of aliphatic hydroxyl groups excluding tert-OH is 1. The Morgan fingerprint density at radius 2 is 1.93 bits per heavy atom. The number of carboxylic acids is 1. The number of rotatable bonds is 4. The second-order valence-corrected chi connectivity index (χ2v) is 3.03. The van der Waals surface area contributed by atoms with Crippen molar-refractivity contribution < 1.29 is 15.0 Å². The largest absolute Gasteiger partial charge is 0.480 e. The van der Waals surface area contributed by atoms with Gasteiger partial charge >= 0.3 is 5.97 Å². The fourth-order valence-electron chi connectivity index (χ4n) is 1.16. The summed E-state index contributed by atoms with van der Waals surface area (Å²) in [6.45, 7) is 0.0876. The Morgan fingerprint density at radius 3 is 2.36 bits per heavy atom. The van der Waals surface area contributed by atoms with Crippen LogP contribution in [0.25, 0.3) is 0 Å². The summed E-state index contributed by atoms with van der Waals surface area (Å²) >= 11 is 0. The average molecular weight is 195 g/mol.